The molecular formula is C26H32O4. The summed E-state index contributed by atoms with van der Waals surface area (Å²) in [5.41, 5.74) is 0.330. The van der Waals surface area contributed by atoms with E-state index in [1.54, 1.807) is 12.1 Å². The SMILES string of the molecule is C[C@]12CC[C@H]3[C@@H](CC[C@@H]4CC(=O)CC[C@@]43COC(=O)c3ccccc3)[C@@H]1CCC2=O. The Morgan fingerprint density at radius 1 is 1.00 bits per heavy atom. The van der Waals surface area contributed by atoms with Crippen molar-refractivity contribution in [3.63, 3.8) is 0 Å². The summed E-state index contributed by atoms with van der Waals surface area (Å²) in [6, 6.07) is 9.19. The Bertz CT molecular complexity index is 861. The van der Waals surface area contributed by atoms with Gasteiger partial charge >= 0.3 is 5.97 Å². The molecule has 6 atom stereocenters. The first kappa shape index (κ1) is 20.0. The number of benzene rings is 1. The molecule has 4 saturated carbocycles. The summed E-state index contributed by atoms with van der Waals surface area (Å²) in [5, 5.41) is 0. The topological polar surface area (TPSA) is 60.4 Å². The maximum atomic E-state index is 12.7. The molecule has 0 radical (unpaired) electrons. The number of Topliss-reactive ketones (excluding diaryl/α,β-unsaturated/α-hetero) is 2. The van der Waals surface area contributed by atoms with Gasteiger partial charge in [0.2, 0.25) is 0 Å². The summed E-state index contributed by atoms with van der Waals surface area (Å²) in [7, 11) is 0. The Morgan fingerprint density at radius 3 is 2.60 bits per heavy atom. The molecule has 1 aromatic rings. The van der Waals surface area contributed by atoms with Crippen molar-refractivity contribution in [2.45, 2.75) is 64.7 Å². The molecule has 0 bridgehead atoms. The number of rotatable bonds is 3. The first-order valence-electron chi connectivity index (χ1n) is 11.7. The summed E-state index contributed by atoms with van der Waals surface area (Å²) in [5.74, 6) is 2.30. The smallest absolute Gasteiger partial charge is 0.338 e. The molecule has 0 aliphatic heterocycles. The van der Waals surface area contributed by atoms with Gasteiger partial charge in [0.1, 0.15) is 11.6 Å². The average Bonchev–Trinajstić information content (AvgIpc) is 3.07. The van der Waals surface area contributed by atoms with Crippen LogP contribution in [0.4, 0.5) is 0 Å². The minimum atomic E-state index is -0.264. The van der Waals surface area contributed by atoms with E-state index in [-0.39, 0.29) is 16.8 Å². The van der Waals surface area contributed by atoms with Gasteiger partial charge in [0.25, 0.3) is 0 Å². The Labute approximate surface area is 178 Å². The fourth-order valence-electron chi connectivity index (χ4n) is 7.76. The van der Waals surface area contributed by atoms with Crippen molar-refractivity contribution in [2.24, 2.45) is 34.5 Å². The molecular weight excluding hydrogens is 376 g/mol. The summed E-state index contributed by atoms with van der Waals surface area (Å²) >= 11 is 0. The van der Waals surface area contributed by atoms with Crippen molar-refractivity contribution in [3.05, 3.63) is 35.9 Å². The van der Waals surface area contributed by atoms with Gasteiger partial charge in [-0.15, -0.1) is 0 Å². The molecule has 0 unspecified atom stereocenters. The van der Waals surface area contributed by atoms with Gasteiger partial charge < -0.3 is 4.74 Å². The monoisotopic (exact) mass is 408 g/mol. The zero-order valence-electron chi connectivity index (χ0n) is 17.9. The highest BCUT2D eigenvalue weighted by molar-refractivity contribution is 5.89. The van der Waals surface area contributed by atoms with E-state index in [2.05, 4.69) is 6.92 Å². The van der Waals surface area contributed by atoms with Crippen LogP contribution in [-0.2, 0) is 14.3 Å². The number of ketones is 2. The third-order valence-electron chi connectivity index (χ3n) is 9.37. The van der Waals surface area contributed by atoms with Crippen LogP contribution in [-0.4, -0.2) is 24.1 Å². The molecule has 30 heavy (non-hydrogen) atoms. The molecule has 0 spiro atoms. The van der Waals surface area contributed by atoms with Crippen LogP contribution in [0.3, 0.4) is 0 Å². The number of ether oxygens (including phenoxy) is 1. The van der Waals surface area contributed by atoms with Gasteiger partial charge in [-0.3, -0.25) is 9.59 Å². The third-order valence-corrected chi connectivity index (χ3v) is 9.37. The molecule has 4 aliphatic rings. The minimum Gasteiger partial charge on any atom is -0.461 e. The fourth-order valence-corrected chi connectivity index (χ4v) is 7.76. The average molecular weight is 409 g/mol. The highest BCUT2D eigenvalue weighted by Gasteiger charge is 2.62. The fraction of sp³-hybridized carbons (Fsp3) is 0.654. The molecule has 4 fully saturated rings. The number of esters is 1. The lowest BCUT2D eigenvalue weighted by molar-refractivity contribution is -0.155. The summed E-state index contributed by atoms with van der Waals surface area (Å²) in [6.07, 6.45) is 7.92. The number of fused-ring (bicyclic) bond motifs is 5. The van der Waals surface area contributed by atoms with Crippen LogP contribution in [0.15, 0.2) is 30.3 Å². The number of hydrogen-bond donors (Lipinski definition) is 0. The second kappa shape index (κ2) is 7.32. The molecule has 0 amide bonds. The zero-order chi connectivity index (χ0) is 20.9. The molecule has 160 valence electrons. The van der Waals surface area contributed by atoms with Crippen LogP contribution in [0, 0.1) is 34.5 Å². The van der Waals surface area contributed by atoms with Crippen LogP contribution in [0.1, 0.15) is 75.1 Å². The Kier molecular flexibility index (Phi) is 4.87. The summed E-state index contributed by atoms with van der Waals surface area (Å²) in [6.45, 7) is 2.61. The molecule has 4 heteroatoms. The normalized spacial score (nSPS) is 40.3. The van der Waals surface area contributed by atoms with Crippen LogP contribution in [0.25, 0.3) is 0 Å². The van der Waals surface area contributed by atoms with Crippen LogP contribution < -0.4 is 0 Å². The highest BCUT2D eigenvalue weighted by atomic mass is 16.5. The van der Waals surface area contributed by atoms with Crippen molar-refractivity contribution in [1.82, 2.24) is 0 Å². The summed E-state index contributed by atoms with van der Waals surface area (Å²) < 4.78 is 5.95. The summed E-state index contributed by atoms with van der Waals surface area (Å²) in [4.78, 5) is 37.7. The van der Waals surface area contributed by atoms with Gasteiger partial charge in [-0.25, -0.2) is 4.79 Å². The van der Waals surface area contributed by atoms with E-state index in [9.17, 15) is 14.4 Å². The van der Waals surface area contributed by atoms with Crippen molar-refractivity contribution in [3.8, 4) is 0 Å². The molecule has 0 saturated heterocycles. The van der Waals surface area contributed by atoms with E-state index < -0.39 is 0 Å². The second-order valence-corrected chi connectivity index (χ2v) is 10.5. The van der Waals surface area contributed by atoms with Gasteiger partial charge in [-0.2, -0.15) is 0 Å². The van der Waals surface area contributed by atoms with E-state index in [1.807, 2.05) is 18.2 Å². The van der Waals surface area contributed by atoms with Crippen LogP contribution >= 0.6 is 0 Å². The third kappa shape index (κ3) is 2.98. The van der Waals surface area contributed by atoms with Gasteiger partial charge in [0, 0.05) is 30.1 Å². The van der Waals surface area contributed by atoms with E-state index in [0.29, 0.717) is 60.3 Å². The Balaban J connectivity index is 1.43. The predicted molar refractivity (Wildman–Crippen MR) is 113 cm³/mol. The number of carbonyl (C=O) groups excluding carboxylic acids is 3. The standard InChI is InChI=1S/C26H32O4/c1-25-13-12-22-20(21(25)9-10-23(25)28)8-7-18-15-19(27)11-14-26(18,22)16-30-24(29)17-5-3-2-4-6-17/h2-6,18,20-22H,7-16H2,1H3/t18-,20+,21+,22+,25+,26-/m1/s1. The maximum absolute atomic E-state index is 12.7. The van der Waals surface area contributed by atoms with E-state index in [1.165, 1.54) is 0 Å². The lowest BCUT2D eigenvalue weighted by atomic mass is 9.45. The highest BCUT2D eigenvalue weighted by Crippen LogP contribution is 2.65. The number of hydrogen-bond acceptors (Lipinski definition) is 4. The second-order valence-electron chi connectivity index (χ2n) is 10.5. The van der Waals surface area contributed by atoms with E-state index >= 15 is 0 Å². The molecule has 4 nitrogen and oxygen atoms in total. The van der Waals surface area contributed by atoms with Crippen LogP contribution in [0.5, 0.6) is 0 Å². The molecule has 0 N–H and O–H groups in total. The van der Waals surface area contributed by atoms with Crippen molar-refractivity contribution in [1.29, 1.82) is 0 Å². The largest absolute Gasteiger partial charge is 0.461 e. The van der Waals surface area contributed by atoms with Gasteiger partial charge in [0.15, 0.2) is 0 Å². The number of carbonyl (C=O) groups is 3. The van der Waals surface area contributed by atoms with Crippen molar-refractivity contribution >= 4 is 17.5 Å². The molecule has 5 rings (SSSR count). The van der Waals surface area contributed by atoms with Crippen LogP contribution in [0.2, 0.25) is 0 Å². The van der Waals surface area contributed by atoms with Crippen molar-refractivity contribution < 1.29 is 19.1 Å². The van der Waals surface area contributed by atoms with E-state index in [0.717, 1.165) is 44.9 Å². The van der Waals surface area contributed by atoms with Gasteiger partial charge in [-0.1, -0.05) is 25.1 Å². The first-order chi connectivity index (χ1) is 14.4. The lowest BCUT2D eigenvalue weighted by Gasteiger charge is -2.60. The predicted octanol–water partition coefficient (Wildman–Crippen LogP) is 5.00. The lowest BCUT2D eigenvalue weighted by Crippen LogP contribution is -2.56. The molecule has 4 aliphatic carbocycles. The maximum Gasteiger partial charge on any atom is 0.338 e. The Hall–Kier alpha value is -1.97. The molecule has 1 aromatic carbocycles. The zero-order valence-corrected chi connectivity index (χ0v) is 17.9. The van der Waals surface area contributed by atoms with Crippen molar-refractivity contribution in [2.75, 3.05) is 6.61 Å². The van der Waals surface area contributed by atoms with E-state index in [4.69, 9.17) is 4.74 Å². The Morgan fingerprint density at radius 2 is 1.80 bits per heavy atom. The minimum absolute atomic E-state index is 0.103. The van der Waals surface area contributed by atoms with Gasteiger partial charge in [0.05, 0.1) is 12.2 Å². The quantitative estimate of drug-likeness (QED) is 0.660. The first-order valence-corrected chi connectivity index (χ1v) is 11.7. The van der Waals surface area contributed by atoms with Gasteiger partial charge in [-0.05, 0) is 74.3 Å². The molecule has 0 heterocycles. The molecule has 0 aromatic heterocycles.